The second kappa shape index (κ2) is 8.19. The van der Waals surface area contributed by atoms with Crippen LogP contribution in [0.25, 0.3) is 0 Å². The molecular weight excluding hydrogens is 314 g/mol. The van der Waals surface area contributed by atoms with E-state index in [2.05, 4.69) is 16.0 Å². The topological polar surface area (TPSA) is 70.2 Å². The maximum Gasteiger partial charge on any atom is 0.319 e. The third-order valence-corrected chi connectivity index (χ3v) is 3.36. The molecule has 0 aliphatic heterocycles. The SMILES string of the molecule is CC(NC(=O)Nc1ccccc1)C(=O)NCc1cccc(Cl)c1. The molecule has 0 saturated carbocycles. The minimum absolute atomic E-state index is 0.270. The Balaban J connectivity index is 1.79. The molecule has 2 aromatic rings. The van der Waals surface area contributed by atoms with E-state index in [0.29, 0.717) is 17.3 Å². The lowest BCUT2D eigenvalue weighted by atomic mass is 10.2. The Morgan fingerprint density at radius 2 is 1.83 bits per heavy atom. The lowest BCUT2D eigenvalue weighted by Crippen LogP contribution is -2.46. The first-order valence-corrected chi connectivity index (χ1v) is 7.57. The molecule has 0 heterocycles. The van der Waals surface area contributed by atoms with Crippen molar-refractivity contribution in [2.24, 2.45) is 0 Å². The summed E-state index contributed by atoms with van der Waals surface area (Å²) in [6.07, 6.45) is 0. The highest BCUT2D eigenvalue weighted by Gasteiger charge is 2.15. The van der Waals surface area contributed by atoms with Gasteiger partial charge in [0, 0.05) is 17.3 Å². The zero-order valence-corrected chi connectivity index (χ0v) is 13.4. The van der Waals surface area contributed by atoms with Crippen molar-refractivity contribution in [1.82, 2.24) is 10.6 Å². The number of urea groups is 1. The van der Waals surface area contributed by atoms with E-state index >= 15 is 0 Å². The van der Waals surface area contributed by atoms with E-state index in [1.54, 1.807) is 31.2 Å². The molecule has 0 bridgehead atoms. The molecule has 0 fully saturated rings. The molecule has 0 aliphatic carbocycles. The second-order valence-electron chi connectivity index (χ2n) is 5.03. The van der Waals surface area contributed by atoms with Crippen LogP contribution in [0.4, 0.5) is 10.5 Å². The standard InChI is InChI=1S/C17H18ClN3O2/c1-12(20-17(23)21-15-8-3-2-4-9-15)16(22)19-11-13-6-5-7-14(18)10-13/h2-10,12H,11H2,1H3,(H,19,22)(H2,20,21,23). The van der Waals surface area contributed by atoms with Gasteiger partial charge in [0.1, 0.15) is 6.04 Å². The van der Waals surface area contributed by atoms with Gasteiger partial charge in [0.2, 0.25) is 5.91 Å². The normalized spacial score (nSPS) is 11.4. The van der Waals surface area contributed by atoms with Crippen LogP contribution in [-0.2, 0) is 11.3 Å². The van der Waals surface area contributed by atoms with Crippen LogP contribution in [0.2, 0.25) is 5.02 Å². The number of amides is 3. The summed E-state index contributed by atoms with van der Waals surface area (Å²) >= 11 is 5.89. The van der Waals surface area contributed by atoms with Crippen molar-refractivity contribution in [3.05, 3.63) is 65.2 Å². The van der Waals surface area contributed by atoms with E-state index in [0.717, 1.165) is 5.56 Å². The Kier molecular flexibility index (Phi) is 6.00. The third kappa shape index (κ3) is 5.64. The number of para-hydroxylation sites is 1. The number of hydrogen-bond donors (Lipinski definition) is 3. The van der Waals surface area contributed by atoms with E-state index < -0.39 is 12.1 Å². The molecule has 2 rings (SSSR count). The summed E-state index contributed by atoms with van der Waals surface area (Å²) in [5.74, 6) is -0.270. The predicted octanol–water partition coefficient (Wildman–Crippen LogP) is 3.17. The fourth-order valence-electron chi connectivity index (χ4n) is 1.94. The van der Waals surface area contributed by atoms with Crippen molar-refractivity contribution >= 4 is 29.2 Å². The van der Waals surface area contributed by atoms with Gasteiger partial charge in [-0.05, 0) is 36.8 Å². The summed E-state index contributed by atoms with van der Waals surface area (Å²) in [5, 5.41) is 8.62. The maximum atomic E-state index is 12.0. The van der Waals surface area contributed by atoms with Gasteiger partial charge in [-0.3, -0.25) is 4.79 Å². The Morgan fingerprint density at radius 3 is 2.52 bits per heavy atom. The quantitative estimate of drug-likeness (QED) is 0.787. The monoisotopic (exact) mass is 331 g/mol. The third-order valence-electron chi connectivity index (χ3n) is 3.13. The Labute approximate surface area is 140 Å². The lowest BCUT2D eigenvalue weighted by Gasteiger charge is -2.15. The Hall–Kier alpha value is -2.53. The molecule has 2 aromatic carbocycles. The van der Waals surface area contributed by atoms with Gasteiger partial charge in [-0.25, -0.2) is 4.79 Å². The van der Waals surface area contributed by atoms with E-state index in [1.807, 2.05) is 30.3 Å². The zero-order valence-electron chi connectivity index (χ0n) is 12.7. The number of carbonyl (C=O) groups is 2. The Bertz CT molecular complexity index is 677. The minimum Gasteiger partial charge on any atom is -0.350 e. The molecule has 0 aliphatic rings. The van der Waals surface area contributed by atoms with Crippen molar-refractivity contribution in [2.75, 3.05) is 5.32 Å². The van der Waals surface area contributed by atoms with Crippen molar-refractivity contribution in [3.63, 3.8) is 0 Å². The molecule has 5 nitrogen and oxygen atoms in total. The summed E-state index contributed by atoms with van der Waals surface area (Å²) in [4.78, 5) is 23.8. The van der Waals surface area contributed by atoms with Crippen LogP contribution in [0.5, 0.6) is 0 Å². The minimum atomic E-state index is -0.655. The van der Waals surface area contributed by atoms with Gasteiger partial charge in [0.25, 0.3) is 0 Å². The van der Waals surface area contributed by atoms with Gasteiger partial charge >= 0.3 is 6.03 Å². The van der Waals surface area contributed by atoms with Crippen molar-refractivity contribution in [3.8, 4) is 0 Å². The summed E-state index contributed by atoms with van der Waals surface area (Å²) in [6.45, 7) is 1.98. The highest BCUT2D eigenvalue weighted by molar-refractivity contribution is 6.30. The van der Waals surface area contributed by atoms with Gasteiger partial charge < -0.3 is 16.0 Å². The van der Waals surface area contributed by atoms with Crippen molar-refractivity contribution < 1.29 is 9.59 Å². The molecule has 1 unspecified atom stereocenters. The number of anilines is 1. The molecule has 3 amide bonds. The molecule has 0 radical (unpaired) electrons. The van der Waals surface area contributed by atoms with Crippen LogP contribution < -0.4 is 16.0 Å². The van der Waals surface area contributed by atoms with Gasteiger partial charge in [0.05, 0.1) is 0 Å². The van der Waals surface area contributed by atoms with E-state index in [4.69, 9.17) is 11.6 Å². The Morgan fingerprint density at radius 1 is 1.09 bits per heavy atom. The summed E-state index contributed by atoms with van der Waals surface area (Å²) in [7, 11) is 0. The van der Waals surface area contributed by atoms with E-state index in [-0.39, 0.29) is 5.91 Å². The van der Waals surface area contributed by atoms with Crippen LogP contribution in [-0.4, -0.2) is 18.0 Å². The smallest absolute Gasteiger partial charge is 0.319 e. The van der Waals surface area contributed by atoms with Gasteiger partial charge in [0.15, 0.2) is 0 Å². The van der Waals surface area contributed by atoms with Gasteiger partial charge in [-0.2, -0.15) is 0 Å². The molecule has 120 valence electrons. The van der Waals surface area contributed by atoms with Crippen LogP contribution in [0.1, 0.15) is 12.5 Å². The lowest BCUT2D eigenvalue weighted by molar-refractivity contribution is -0.122. The first-order chi connectivity index (χ1) is 11.0. The van der Waals surface area contributed by atoms with Crippen LogP contribution in [0.15, 0.2) is 54.6 Å². The fraction of sp³-hybridized carbons (Fsp3) is 0.176. The van der Waals surface area contributed by atoms with Crippen LogP contribution in [0, 0.1) is 0 Å². The van der Waals surface area contributed by atoms with Gasteiger partial charge in [-0.15, -0.1) is 0 Å². The van der Waals surface area contributed by atoms with Crippen LogP contribution in [0.3, 0.4) is 0 Å². The first-order valence-electron chi connectivity index (χ1n) is 7.19. The average molecular weight is 332 g/mol. The number of halogens is 1. The molecule has 0 spiro atoms. The second-order valence-corrected chi connectivity index (χ2v) is 5.47. The number of rotatable bonds is 5. The molecule has 23 heavy (non-hydrogen) atoms. The van der Waals surface area contributed by atoms with E-state index in [1.165, 1.54) is 0 Å². The number of benzene rings is 2. The molecule has 0 aromatic heterocycles. The largest absolute Gasteiger partial charge is 0.350 e. The number of carbonyl (C=O) groups excluding carboxylic acids is 2. The summed E-state index contributed by atoms with van der Waals surface area (Å²) in [6, 6.07) is 15.2. The predicted molar refractivity (Wildman–Crippen MR) is 91.4 cm³/mol. The average Bonchev–Trinajstić information content (AvgIpc) is 2.53. The van der Waals surface area contributed by atoms with Crippen LogP contribution >= 0.6 is 11.6 Å². The summed E-state index contributed by atoms with van der Waals surface area (Å²) in [5.41, 5.74) is 1.56. The van der Waals surface area contributed by atoms with Crippen molar-refractivity contribution in [2.45, 2.75) is 19.5 Å². The first kappa shape index (κ1) is 16.8. The zero-order chi connectivity index (χ0) is 16.7. The fourth-order valence-corrected chi connectivity index (χ4v) is 2.15. The number of nitrogens with one attached hydrogen (secondary N) is 3. The highest BCUT2D eigenvalue weighted by Crippen LogP contribution is 2.10. The molecule has 0 saturated heterocycles. The summed E-state index contributed by atoms with van der Waals surface area (Å²) < 4.78 is 0. The highest BCUT2D eigenvalue weighted by atomic mass is 35.5. The maximum absolute atomic E-state index is 12.0. The molecule has 1 atom stereocenters. The van der Waals surface area contributed by atoms with E-state index in [9.17, 15) is 9.59 Å². The molecular formula is C17H18ClN3O2. The van der Waals surface area contributed by atoms with Gasteiger partial charge in [-0.1, -0.05) is 41.9 Å². The number of hydrogen-bond acceptors (Lipinski definition) is 2. The molecule has 3 N–H and O–H groups in total. The van der Waals surface area contributed by atoms with Crippen molar-refractivity contribution in [1.29, 1.82) is 0 Å². The molecule has 6 heteroatoms.